The Bertz CT molecular complexity index is 400. The summed E-state index contributed by atoms with van der Waals surface area (Å²) in [7, 11) is 0. The van der Waals surface area contributed by atoms with Gasteiger partial charge in [0.15, 0.2) is 0 Å². The van der Waals surface area contributed by atoms with Crippen molar-refractivity contribution in [1.29, 1.82) is 0 Å². The first-order valence-electron chi connectivity index (χ1n) is 3.74. The first kappa shape index (κ1) is 12.6. The van der Waals surface area contributed by atoms with E-state index in [0.717, 1.165) is 6.07 Å². The Labute approximate surface area is 103 Å². The molecule has 0 aliphatic rings. The number of nitrogens with zero attached hydrogens (tertiary/aromatic N) is 1. The van der Waals surface area contributed by atoms with E-state index in [1.807, 2.05) is 0 Å². The lowest BCUT2D eigenvalue weighted by Crippen LogP contribution is -2.07. The molecule has 0 amide bonds. The lowest BCUT2D eigenvalue weighted by molar-refractivity contribution is 0.0695. The smallest absolute Gasteiger partial charge is 0.336 e. The highest BCUT2D eigenvalue weighted by molar-refractivity contribution is 14.1. The van der Waals surface area contributed by atoms with Gasteiger partial charge in [0.25, 0.3) is 6.43 Å². The second-order valence-corrected chi connectivity index (χ2v) is 3.89. The van der Waals surface area contributed by atoms with Crippen LogP contribution in [0, 0.1) is 3.70 Å². The largest absolute Gasteiger partial charge is 0.478 e. The molecule has 7 heteroatoms. The van der Waals surface area contributed by atoms with Crippen molar-refractivity contribution >= 4 is 40.2 Å². The minimum Gasteiger partial charge on any atom is -0.478 e. The molecular weight excluding hydrogens is 342 g/mol. The van der Waals surface area contributed by atoms with E-state index in [4.69, 9.17) is 16.7 Å². The lowest BCUT2D eigenvalue weighted by atomic mass is 10.1. The van der Waals surface area contributed by atoms with Gasteiger partial charge in [-0.25, -0.2) is 18.6 Å². The van der Waals surface area contributed by atoms with Crippen LogP contribution in [-0.2, 0) is 5.88 Å². The molecule has 1 aromatic rings. The molecule has 0 aromatic carbocycles. The zero-order valence-electron chi connectivity index (χ0n) is 7.18. The molecule has 0 saturated heterocycles. The van der Waals surface area contributed by atoms with Crippen molar-refractivity contribution in [2.45, 2.75) is 12.3 Å². The Morgan fingerprint density at radius 2 is 2.27 bits per heavy atom. The Balaban J connectivity index is 3.38. The number of aromatic carboxylic acids is 1. The van der Waals surface area contributed by atoms with Crippen LogP contribution in [0.25, 0.3) is 0 Å². The van der Waals surface area contributed by atoms with E-state index in [-0.39, 0.29) is 20.7 Å². The predicted molar refractivity (Wildman–Crippen MR) is 58.4 cm³/mol. The van der Waals surface area contributed by atoms with Crippen molar-refractivity contribution < 1.29 is 18.7 Å². The zero-order valence-corrected chi connectivity index (χ0v) is 10.1. The summed E-state index contributed by atoms with van der Waals surface area (Å²) in [5.41, 5.74) is -0.514. The van der Waals surface area contributed by atoms with Gasteiger partial charge in [-0.3, -0.25) is 0 Å². The first-order chi connectivity index (χ1) is 6.97. The summed E-state index contributed by atoms with van der Waals surface area (Å²) >= 11 is 7.20. The summed E-state index contributed by atoms with van der Waals surface area (Å²) in [6.07, 6.45) is -2.79. The molecule has 0 aliphatic carbocycles. The fourth-order valence-electron chi connectivity index (χ4n) is 0.989. The molecule has 0 spiro atoms. The first-order valence-corrected chi connectivity index (χ1v) is 5.35. The zero-order chi connectivity index (χ0) is 11.6. The van der Waals surface area contributed by atoms with E-state index in [9.17, 15) is 13.6 Å². The number of hydrogen-bond acceptors (Lipinski definition) is 2. The molecule has 0 saturated carbocycles. The highest BCUT2D eigenvalue weighted by Crippen LogP contribution is 2.24. The van der Waals surface area contributed by atoms with Gasteiger partial charge in [-0.05, 0) is 28.7 Å². The molecule has 0 radical (unpaired) electrons. The third-order valence-electron chi connectivity index (χ3n) is 1.68. The maximum absolute atomic E-state index is 12.3. The van der Waals surface area contributed by atoms with Crippen molar-refractivity contribution in [2.24, 2.45) is 0 Å². The monoisotopic (exact) mass is 347 g/mol. The highest BCUT2D eigenvalue weighted by Gasteiger charge is 2.19. The van der Waals surface area contributed by atoms with Crippen LogP contribution in [0.1, 0.15) is 28.0 Å². The van der Waals surface area contributed by atoms with Crippen molar-refractivity contribution in [3.63, 3.8) is 0 Å². The quantitative estimate of drug-likeness (QED) is 0.519. The van der Waals surface area contributed by atoms with Gasteiger partial charge in [-0.15, -0.1) is 11.6 Å². The number of alkyl halides is 3. The van der Waals surface area contributed by atoms with E-state index < -0.39 is 18.1 Å². The van der Waals surface area contributed by atoms with E-state index in [1.165, 1.54) is 0 Å². The van der Waals surface area contributed by atoms with E-state index in [1.54, 1.807) is 22.6 Å². The summed E-state index contributed by atoms with van der Waals surface area (Å²) in [6, 6.07) is 0.854. The highest BCUT2D eigenvalue weighted by atomic mass is 127. The predicted octanol–water partition coefficient (Wildman–Crippen LogP) is 3.06. The van der Waals surface area contributed by atoms with Gasteiger partial charge in [0.1, 0.15) is 9.39 Å². The van der Waals surface area contributed by atoms with E-state index >= 15 is 0 Å². The fourth-order valence-corrected chi connectivity index (χ4v) is 2.24. The summed E-state index contributed by atoms with van der Waals surface area (Å²) in [5.74, 6) is -1.36. The standard InChI is InChI=1S/C8H5ClF2INO2/c9-2-4-3(8(14)15)1-5(6(10)11)13-7(4)12/h1,6H,2H2,(H,14,15). The van der Waals surface area contributed by atoms with E-state index in [2.05, 4.69) is 4.98 Å². The summed E-state index contributed by atoms with van der Waals surface area (Å²) in [6.45, 7) is 0. The van der Waals surface area contributed by atoms with Gasteiger partial charge >= 0.3 is 5.97 Å². The normalized spacial score (nSPS) is 10.7. The third kappa shape index (κ3) is 2.75. The number of carboxylic acid groups (broad SMARTS) is 1. The van der Waals surface area contributed by atoms with Gasteiger partial charge in [0.2, 0.25) is 0 Å². The van der Waals surface area contributed by atoms with Gasteiger partial charge in [0.05, 0.1) is 11.4 Å². The molecule has 1 aromatic heterocycles. The second-order valence-electron chi connectivity index (χ2n) is 2.60. The van der Waals surface area contributed by atoms with Gasteiger partial charge in [0, 0.05) is 5.56 Å². The number of hydrogen-bond donors (Lipinski definition) is 1. The van der Waals surface area contributed by atoms with Crippen LogP contribution in [0.5, 0.6) is 0 Å². The number of carbonyl (C=O) groups is 1. The molecule has 1 heterocycles. The Morgan fingerprint density at radius 3 is 2.67 bits per heavy atom. The lowest BCUT2D eigenvalue weighted by Gasteiger charge is -2.07. The molecule has 15 heavy (non-hydrogen) atoms. The molecular formula is C8H5ClF2INO2. The molecule has 1 rings (SSSR count). The maximum Gasteiger partial charge on any atom is 0.336 e. The number of pyridine rings is 1. The molecule has 3 nitrogen and oxygen atoms in total. The van der Waals surface area contributed by atoms with Crippen molar-refractivity contribution in [3.05, 3.63) is 26.6 Å². The molecule has 1 N–H and O–H groups in total. The third-order valence-corrected chi connectivity index (χ3v) is 2.84. The molecule has 0 aliphatic heterocycles. The SMILES string of the molecule is O=C(O)c1cc(C(F)F)nc(I)c1CCl. The van der Waals surface area contributed by atoms with Crippen molar-refractivity contribution in [3.8, 4) is 0 Å². The van der Waals surface area contributed by atoms with Crippen LogP contribution in [0.2, 0.25) is 0 Å². The molecule has 0 atom stereocenters. The Kier molecular flexibility index (Phi) is 4.21. The van der Waals surface area contributed by atoms with Gasteiger partial charge in [-0.1, -0.05) is 0 Å². The van der Waals surface area contributed by atoms with Crippen LogP contribution >= 0.6 is 34.2 Å². The second kappa shape index (κ2) is 5.02. The van der Waals surface area contributed by atoms with Crippen LogP contribution < -0.4 is 0 Å². The van der Waals surface area contributed by atoms with Gasteiger partial charge in [-0.2, -0.15) is 0 Å². The number of aromatic nitrogens is 1. The van der Waals surface area contributed by atoms with E-state index in [0.29, 0.717) is 0 Å². The Morgan fingerprint density at radius 1 is 1.67 bits per heavy atom. The Hall–Kier alpha value is -0.500. The van der Waals surface area contributed by atoms with Crippen molar-refractivity contribution in [1.82, 2.24) is 4.98 Å². The molecule has 0 bridgehead atoms. The summed E-state index contributed by atoms with van der Waals surface area (Å²) in [5, 5.41) is 8.79. The topological polar surface area (TPSA) is 50.2 Å². The summed E-state index contributed by atoms with van der Waals surface area (Å²) in [4.78, 5) is 14.3. The average Bonchev–Trinajstić information content (AvgIpc) is 2.16. The van der Waals surface area contributed by atoms with Crippen LogP contribution in [0.4, 0.5) is 8.78 Å². The van der Waals surface area contributed by atoms with Crippen molar-refractivity contribution in [2.75, 3.05) is 0 Å². The maximum atomic E-state index is 12.3. The molecule has 82 valence electrons. The molecule has 0 unspecified atom stereocenters. The fraction of sp³-hybridized carbons (Fsp3) is 0.250. The van der Waals surface area contributed by atoms with Crippen LogP contribution in [0.15, 0.2) is 6.07 Å². The van der Waals surface area contributed by atoms with Crippen LogP contribution in [0.3, 0.4) is 0 Å². The number of halogens is 4. The minimum absolute atomic E-state index is 0.0730. The van der Waals surface area contributed by atoms with Gasteiger partial charge < -0.3 is 5.11 Å². The summed E-state index contributed by atoms with van der Waals surface area (Å²) < 4.78 is 24.9. The number of carboxylic acids is 1. The molecule has 0 fully saturated rings. The minimum atomic E-state index is -2.79. The average molecular weight is 347 g/mol. The van der Waals surface area contributed by atoms with Crippen LogP contribution in [-0.4, -0.2) is 16.1 Å². The number of rotatable bonds is 3.